The van der Waals surface area contributed by atoms with E-state index in [4.69, 9.17) is 9.47 Å². The van der Waals surface area contributed by atoms with Gasteiger partial charge in [0.2, 0.25) is 0 Å². The minimum Gasteiger partial charge on any atom is -0.497 e. The van der Waals surface area contributed by atoms with Crippen LogP contribution in [0.5, 0.6) is 11.5 Å². The van der Waals surface area contributed by atoms with Crippen molar-refractivity contribution >= 4 is 0 Å². The second kappa shape index (κ2) is 5.27. The molecular formula is C11H13F3O3. The van der Waals surface area contributed by atoms with Crippen molar-refractivity contribution in [1.82, 2.24) is 0 Å². The van der Waals surface area contributed by atoms with Crippen molar-refractivity contribution in [3.63, 3.8) is 0 Å². The fraction of sp³-hybridized carbons (Fsp3) is 0.455. The summed E-state index contributed by atoms with van der Waals surface area (Å²) < 4.78 is 46.3. The predicted molar refractivity (Wildman–Crippen MR) is 55.2 cm³/mol. The SMILES string of the molecule is COc1ccc(C(O)CC(F)(F)F)c(OC)c1. The molecule has 0 aromatic heterocycles. The van der Waals surface area contributed by atoms with E-state index in [1.54, 1.807) is 0 Å². The highest BCUT2D eigenvalue weighted by Crippen LogP contribution is 2.35. The fourth-order valence-corrected chi connectivity index (χ4v) is 1.42. The van der Waals surface area contributed by atoms with Crippen LogP contribution in [0.15, 0.2) is 18.2 Å². The number of ether oxygens (including phenoxy) is 2. The Balaban J connectivity index is 2.96. The lowest BCUT2D eigenvalue weighted by molar-refractivity contribution is -0.154. The number of hydrogen-bond donors (Lipinski definition) is 1. The lowest BCUT2D eigenvalue weighted by Gasteiger charge is -2.17. The molecule has 1 aromatic rings. The van der Waals surface area contributed by atoms with Gasteiger partial charge in [-0.25, -0.2) is 0 Å². The molecule has 0 aliphatic carbocycles. The van der Waals surface area contributed by atoms with Gasteiger partial charge in [-0.3, -0.25) is 0 Å². The molecule has 0 radical (unpaired) electrons. The molecule has 0 bridgehead atoms. The van der Waals surface area contributed by atoms with Gasteiger partial charge in [-0.05, 0) is 12.1 Å². The first-order valence-corrected chi connectivity index (χ1v) is 4.84. The van der Waals surface area contributed by atoms with Crippen LogP contribution in [0, 0.1) is 0 Å². The van der Waals surface area contributed by atoms with Gasteiger partial charge >= 0.3 is 6.18 Å². The molecule has 1 N–H and O–H groups in total. The third-order valence-electron chi connectivity index (χ3n) is 2.22. The number of methoxy groups -OCH3 is 2. The Kier molecular flexibility index (Phi) is 4.22. The van der Waals surface area contributed by atoms with Crippen LogP contribution < -0.4 is 9.47 Å². The van der Waals surface area contributed by atoms with Crippen LogP contribution in [0.25, 0.3) is 0 Å². The molecular weight excluding hydrogens is 237 g/mol. The van der Waals surface area contributed by atoms with Gasteiger partial charge in [0, 0.05) is 11.6 Å². The number of hydrogen-bond acceptors (Lipinski definition) is 3. The van der Waals surface area contributed by atoms with E-state index in [-0.39, 0.29) is 11.3 Å². The van der Waals surface area contributed by atoms with Gasteiger partial charge in [0.15, 0.2) is 0 Å². The predicted octanol–water partition coefficient (Wildman–Crippen LogP) is 2.69. The van der Waals surface area contributed by atoms with Crippen LogP contribution in [-0.2, 0) is 0 Å². The lowest BCUT2D eigenvalue weighted by Crippen LogP contribution is -2.14. The van der Waals surface area contributed by atoms with E-state index in [0.29, 0.717) is 5.75 Å². The molecule has 0 aliphatic rings. The third-order valence-corrected chi connectivity index (χ3v) is 2.22. The molecule has 1 atom stereocenters. The van der Waals surface area contributed by atoms with Gasteiger partial charge < -0.3 is 14.6 Å². The van der Waals surface area contributed by atoms with Crippen LogP contribution >= 0.6 is 0 Å². The molecule has 1 rings (SSSR count). The summed E-state index contributed by atoms with van der Waals surface area (Å²) in [5.74, 6) is 0.617. The van der Waals surface area contributed by atoms with Crippen LogP contribution in [-0.4, -0.2) is 25.5 Å². The second-order valence-electron chi connectivity index (χ2n) is 3.44. The van der Waals surface area contributed by atoms with Gasteiger partial charge in [-0.2, -0.15) is 13.2 Å². The second-order valence-corrected chi connectivity index (χ2v) is 3.44. The molecule has 17 heavy (non-hydrogen) atoms. The Bertz CT molecular complexity index is 377. The van der Waals surface area contributed by atoms with E-state index >= 15 is 0 Å². The zero-order valence-electron chi connectivity index (χ0n) is 9.41. The largest absolute Gasteiger partial charge is 0.497 e. The molecule has 0 amide bonds. The molecule has 0 spiro atoms. The summed E-state index contributed by atoms with van der Waals surface area (Å²) >= 11 is 0. The van der Waals surface area contributed by atoms with E-state index in [1.165, 1.54) is 32.4 Å². The van der Waals surface area contributed by atoms with Crippen molar-refractivity contribution in [1.29, 1.82) is 0 Å². The smallest absolute Gasteiger partial charge is 0.391 e. The molecule has 0 fully saturated rings. The van der Waals surface area contributed by atoms with Crippen molar-refractivity contribution in [2.45, 2.75) is 18.7 Å². The molecule has 1 unspecified atom stereocenters. The van der Waals surface area contributed by atoms with E-state index in [9.17, 15) is 18.3 Å². The van der Waals surface area contributed by atoms with Crippen LogP contribution in [0.4, 0.5) is 13.2 Å². The average Bonchev–Trinajstić information content (AvgIpc) is 2.25. The highest BCUT2D eigenvalue weighted by molar-refractivity contribution is 5.41. The Morgan fingerprint density at radius 1 is 1.24 bits per heavy atom. The molecule has 0 heterocycles. The maximum atomic E-state index is 12.1. The quantitative estimate of drug-likeness (QED) is 0.892. The Hall–Kier alpha value is -1.43. The normalized spacial score (nSPS) is 13.3. The zero-order chi connectivity index (χ0) is 13.1. The topological polar surface area (TPSA) is 38.7 Å². The number of halogens is 3. The monoisotopic (exact) mass is 250 g/mol. The zero-order valence-corrected chi connectivity index (χ0v) is 9.41. The number of aliphatic hydroxyl groups excluding tert-OH is 1. The fourth-order valence-electron chi connectivity index (χ4n) is 1.42. The summed E-state index contributed by atoms with van der Waals surface area (Å²) in [4.78, 5) is 0. The standard InChI is InChI=1S/C11H13F3O3/c1-16-7-3-4-8(10(5-7)17-2)9(15)6-11(12,13)14/h3-5,9,15H,6H2,1-2H3. The van der Waals surface area contributed by atoms with Crippen LogP contribution in [0.1, 0.15) is 18.1 Å². The molecule has 0 saturated carbocycles. The minimum atomic E-state index is -4.43. The van der Waals surface area contributed by atoms with Crippen molar-refractivity contribution in [2.24, 2.45) is 0 Å². The van der Waals surface area contributed by atoms with Gasteiger partial charge in [0.25, 0.3) is 0 Å². The maximum absolute atomic E-state index is 12.1. The first kappa shape index (κ1) is 13.6. The van der Waals surface area contributed by atoms with Gasteiger partial charge in [0.05, 0.1) is 26.7 Å². The molecule has 6 heteroatoms. The van der Waals surface area contributed by atoms with Crippen molar-refractivity contribution in [2.75, 3.05) is 14.2 Å². The Morgan fingerprint density at radius 3 is 2.35 bits per heavy atom. The number of benzene rings is 1. The Labute approximate surface area is 96.8 Å². The summed E-state index contributed by atoms with van der Waals surface area (Å²) in [6.07, 6.45) is -7.38. The molecule has 0 saturated heterocycles. The lowest BCUT2D eigenvalue weighted by atomic mass is 10.0. The number of alkyl halides is 3. The first-order valence-electron chi connectivity index (χ1n) is 4.84. The van der Waals surface area contributed by atoms with Gasteiger partial charge in [-0.1, -0.05) is 0 Å². The minimum absolute atomic E-state index is 0.0885. The molecule has 96 valence electrons. The first-order chi connectivity index (χ1) is 7.87. The van der Waals surface area contributed by atoms with Gasteiger partial charge in [-0.15, -0.1) is 0 Å². The van der Waals surface area contributed by atoms with Crippen molar-refractivity contribution in [3.05, 3.63) is 23.8 Å². The van der Waals surface area contributed by atoms with Crippen molar-refractivity contribution in [3.8, 4) is 11.5 Å². The summed E-state index contributed by atoms with van der Waals surface area (Å²) in [5, 5.41) is 9.49. The summed E-state index contributed by atoms with van der Waals surface area (Å²) in [6, 6.07) is 4.25. The van der Waals surface area contributed by atoms with Crippen LogP contribution in [0.2, 0.25) is 0 Å². The summed E-state index contributed by atoms with van der Waals surface area (Å²) in [6.45, 7) is 0. The Morgan fingerprint density at radius 2 is 1.88 bits per heavy atom. The summed E-state index contributed by atoms with van der Waals surface area (Å²) in [7, 11) is 2.75. The molecule has 3 nitrogen and oxygen atoms in total. The van der Waals surface area contributed by atoms with Crippen LogP contribution in [0.3, 0.4) is 0 Å². The molecule has 0 aliphatic heterocycles. The van der Waals surface area contributed by atoms with Gasteiger partial charge in [0.1, 0.15) is 11.5 Å². The maximum Gasteiger partial charge on any atom is 0.391 e. The number of aliphatic hydroxyl groups is 1. The van der Waals surface area contributed by atoms with E-state index in [1.807, 2.05) is 0 Å². The number of rotatable bonds is 4. The highest BCUT2D eigenvalue weighted by atomic mass is 19.4. The van der Waals surface area contributed by atoms with Crippen molar-refractivity contribution < 1.29 is 27.8 Å². The average molecular weight is 250 g/mol. The third kappa shape index (κ3) is 3.81. The summed E-state index contributed by atoms with van der Waals surface area (Å²) in [5.41, 5.74) is 0.0885. The highest BCUT2D eigenvalue weighted by Gasteiger charge is 2.32. The van der Waals surface area contributed by atoms with E-state index in [0.717, 1.165) is 0 Å². The van der Waals surface area contributed by atoms with E-state index in [2.05, 4.69) is 0 Å². The van der Waals surface area contributed by atoms with E-state index < -0.39 is 18.7 Å². The molecule has 1 aromatic carbocycles.